The van der Waals surface area contributed by atoms with Crippen molar-refractivity contribution in [3.8, 4) is 0 Å². The molecule has 3 heterocycles. The lowest BCUT2D eigenvalue weighted by Gasteiger charge is -2.47. The van der Waals surface area contributed by atoms with E-state index in [0.29, 0.717) is 0 Å². The highest BCUT2D eigenvalue weighted by molar-refractivity contribution is 6.07. The SMILES string of the molecule is CCCCCCCCCCC(O)C1C=CC2C(=O)N(C)C(=O)C2N1N1CCCCC1. The van der Waals surface area contributed by atoms with Crippen molar-refractivity contribution >= 4 is 11.8 Å². The molecule has 170 valence electrons. The van der Waals surface area contributed by atoms with E-state index in [-0.39, 0.29) is 17.9 Å². The van der Waals surface area contributed by atoms with Crippen LogP contribution in [0.3, 0.4) is 0 Å². The molecule has 6 heteroatoms. The lowest BCUT2D eigenvalue weighted by molar-refractivity contribution is -0.155. The first kappa shape index (κ1) is 23.4. The van der Waals surface area contributed by atoms with E-state index in [9.17, 15) is 14.7 Å². The number of hydrogen-bond acceptors (Lipinski definition) is 5. The number of piperidine rings is 1. The van der Waals surface area contributed by atoms with E-state index in [1.807, 2.05) is 12.2 Å². The molecule has 0 bridgehead atoms. The standard InChI is InChI=1S/C24H41N3O3/c1-3-4-5-6-7-8-9-11-14-21(28)20-16-15-19-22(24(30)25(2)23(19)29)27(20)26-17-12-10-13-18-26/h15-16,19-22,28H,3-14,17-18H2,1-2H3. The molecular weight excluding hydrogens is 378 g/mol. The van der Waals surface area contributed by atoms with Crippen molar-refractivity contribution in [3.05, 3.63) is 12.2 Å². The number of rotatable bonds is 11. The molecule has 1 N–H and O–H groups in total. The van der Waals surface area contributed by atoms with Crippen molar-refractivity contribution in [2.45, 2.75) is 102 Å². The zero-order valence-corrected chi connectivity index (χ0v) is 19.0. The Bertz CT molecular complexity index is 603. The summed E-state index contributed by atoms with van der Waals surface area (Å²) in [5.41, 5.74) is 0. The Hall–Kier alpha value is -1.24. The average molecular weight is 420 g/mol. The predicted octanol–water partition coefficient (Wildman–Crippen LogP) is 3.50. The van der Waals surface area contributed by atoms with Crippen LogP contribution in [0, 0.1) is 5.92 Å². The first-order valence-corrected chi connectivity index (χ1v) is 12.3. The third-order valence-electron chi connectivity index (χ3n) is 7.05. The maximum Gasteiger partial charge on any atom is 0.248 e. The number of carbonyl (C=O) groups excluding carboxylic acids is 2. The van der Waals surface area contributed by atoms with Crippen LogP contribution in [0.1, 0.15) is 84.0 Å². The molecule has 30 heavy (non-hydrogen) atoms. The molecule has 0 saturated carbocycles. The molecule has 0 aromatic carbocycles. The molecular formula is C24H41N3O3. The quantitative estimate of drug-likeness (QED) is 0.315. The highest BCUT2D eigenvalue weighted by atomic mass is 16.3. The van der Waals surface area contributed by atoms with Crippen molar-refractivity contribution in [1.82, 2.24) is 14.9 Å². The van der Waals surface area contributed by atoms with Crippen LogP contribution in [0.15, 0.2) is 12.2 Å². The minimum atomic E-state index is -0.516. The highest BCUT2D eigenvalue weighted by Crippen LogP contribution is 2.35. The average Bonchev–Trinajstić information content (AvgIpc) is 2.99. The van der Waals surface area contributed by atoms with Crippen LogP contribution in [0.25, 0.3) is 0 Å². The fourth-order valence-corrected chi connectivity index (χ4v) is 5.23. The van der Waals surface area contributed by atoms with Gasteiger partial charge in [-0.25, -0.2) is 10.0 Å². The fraction of sp³-hybridized carbons (Fsp3) is 0.833. The topological polar surface area (TPSA) is 64.1 Å². The number of aliphatic hydroxyl groups excluding tert-OH is 1. The number of fused-ring (bicyclic) bond motifs is 1. The van der Waals surface area contributed by atoms with E-state index < -0.39 is 18.1 Å². The molecule has 0 aliphatic carbocycles. The van der Waals surface area contributed by atoms with Crippen LogP contribution in [0.4, 0.5) is 0 Å². The highest BCUT2D eigenvalue weighted by Gasteiger charge is 2.53. The number of nitrogens with zero attached hydrogens (tertiary/aromatic N) is 3. The number of likely N-dealkylation sites (N-methyl/N-ethyl adjacent to an activating group) is 1. The molecule has 4 unspecified atom stereocenters. The van der Waals surface area contributed by atoms with Gasteiger partial charge in [0, 0.05) is 20.1 Å². The van der Waals surface area contributed by atoms with Crippen LogP contribution in [-0.4, -0.2) is 70.2 Å². The summed E-state index contributed by atoms with van der Waals surface area (Å²) < 4.78 is 0. The molecule has 6 nitrogen and oxygen atoms in total. The van der Waals surface area contributed by atoms with E-state index >= 15 is 0 Å². The number of likely N-dealkylation sites (tertiary alicyclic amines) is 1. The monoisotopic (exact) mass is 419 g/mol. The second-order valence-corrected chi connectivity index (χ2v) is 9.31. The second-order valence-electron chi connectivity index (χ2n) is 9.31. The third-order valence-corrected chi connectivity index (χ3v) is 7.05. The van der Waals surface area contributed by atoms with Gasteiger partial charge in [0.25, 0.3) is 0 Å². The smallest absolute Gasteiger partial charge is 0.248 e. The van der Waals surface area contributed by atoms with Gasteiger partial charge in [0.05, 0.1) is 18.1 Å². The van der Waals surface area contributed by atoms with Crippen molar-refractivity contribution < 1.29 is 14.7 Å². The minimum absolute atomic E-state index is 0.126. The Morgan fingerprint density at radius 3 is 2.23 bits per heavy atom. The predicted molar refractivity (Wildman–Crippen MR) is 118 cm³/mol. The number of hydrazine groups is 1. The molecule has 3 rings (SSSR count). The Morgan fingerprint density at radius 1 is 0.933 bits per heavy atom. The van der Waals surface area contributed by atoms with Gasteiger partial charge in [0.1, 0.15) is 6.04 Å². The van der Waals surface area contributed by atoms with Gasteiger partial charge in [0.2, 0.25) is 11.8 Å². The Kier molecular flexibility index (Phi) is 8.90. The number of unbranched alkanes of at least 4 members (excludes halogenated alkanes) is 7. The third kappa shape index (κ3) is 5.32. The van der Waals surface area contributed by atoms with Crippen molar-refractivity contribution in [2.75, 3.05) is 20.1 Å². The lowest BCUT2D eigenvalue weighted by atomic mass is 9.90. The van der Waals surface area contributed by atoms with Gasteiger partial charge < -0.3 is 5.11 Å². The summed E-state index contributed by atoms with van der Waals surface area (Å²) in [5, 5.41) is 15.4. The van der Waals surface area contributed by atoms with Gasteiger partial charge in [-0.2, -0.15) is 0 Å². The largest absolute Gasteiger partial charge is 0.391 e. The van der Waals surface area contributed by atoms with Crippen LogP contribution in [0.5, 0.6) is 0 Å². The number of hydrogen-bond donors (Lipinski definition) is 1. The van der Waals surface area contributed by atoms with E-state index in [1.54, 1.807) is 7.05 Å². The van der Waals surface area contributed by atoms with Crippen LogP contribution in [0.2, 0.25) is 0 Å². The van der Waals surface area contributed by atoms with E-state index in [0.717, 1.165) is 45.2 Å². The van der Waals surface area contributed by atoms with E-state index in [1.165, 1.54) is 49.8 Å². The molecule has 0 aromatic rings. The summed E-state index contributed by atoms with van der Waals surface area (Å²) in [6.45, 7) is 4.02. The molecule has 2 amide bonds. The molecule has 0 aromatic heterocycles. The second kappa shape index (κ2) is 11.4. The van der Waals surface area contributed by atoms with Gasteiger partial charge in [-0.15, -0.1) is 0 Å². The summed E-state index contributed by atoms with van der Waals surface area (Å²) in [5.74, 6) is -0.681. The fourth-order valence-electron chi connectivity index (χ4n) is 5.23. The van der Waals surface area contributed by atoms with E-state index in [2.05, 4.69) is 16.9 Å². The summed E-state index contributed by atoms with van der Waals surface area (Å²) in [7, 11) is 1.58. The normalized spacial score (nSPS) is 28.9. The van der Waals surface area contributed by atoms with Gasteiger partial charge in [-0.1, -0.05) is 76.9 Å². The van der Waals surface area contributed by atoms with Crippen LogP contribution < -0.4 is 0 Å². The van der Waals surface area contributed by atoms with Gasteiger partial charge >= 0.3 is 0 Å². The number of aliphatic hydroxyl groups is 1. The summed E-state index contributed by atoms with van der Waals surface area (Å²) in [4.78, 5) is 26.7. The minimum Gasteiger partial charge on any atom is -0.391 e. The van der Waals surface area contributed by atoms with Crippen molar-refractivity contribution in [1.29, 1.82) is 0 Å². The molecule has 4 atom stereocenters. The maximum atomic E-state index is 12.9. The van der Waals surface area contributed by atoms with Crippen LogP contribution >= 0.6 is 0 Å². The van der Waals surface area contributed by atoms with Crippen LogP contribution in [-0.2, 0) is 9.59 Å². The molecule has 0 spiro atoms. The van der Waals surface area contributed by atoms with Gasteiger partial charge in [-0.05, 0) is 19.3 Å². The molecule has 3 aliphatic rings. The Balaban J connectivity index is 1.59. The maximum absolute atomic E-state index is 12.9. The van der Waals surface area contributed by atoms with Gasteiger partial charge in [-0.3, -0.25) is 14.5 Å². The molecule has 2 saturated heterocycles. The first-order chi connectivity index (χ1) is 14.6. The number of amides is 2. The summed E-state index contributed by atoms with van der Waals surface area (Å²) in [6, 6.07) is -0.721. The van der Waals surface area contributed by atoms with E-state index in [4.69, 9.17) is 0 Å². The Labute approximate surface area is 182 Å². The summed E-state index contributed by atoms with van der Waals surface area (Å²) in [6.07, 6.45) is 17.4. The van der Waals surface area contributed by atoms with Crippen molar-refractivity contribution in [3.63, 3.8) is 0 Å². The number of carbonyl (C=O) groups is 2. The first-order valence-electron chi connectivity index (χ1n) is 12.3. The Morgan fingerprint density at radius 2 is 1.57 bits per heavy atom. The zero-order chi connectivity index (χ0) is 21.5. The molecule has 3 aliphatic heterocycles. The lowest BCUT2D eigenvalue weighted by Crippen LogP contribution is -2.62. The number of imide groups is 1. The van der Waals surface area contributed by atoms with Gasteiger partial charge in [0.15, 0.2) is 0 Å². The van der Waals surface area contributed by atoms with Crippen molar-refractivity contribution in [2.24, 2.45) is 5.92 Å². The molecule has 2 fully saturated rings. The zero-order valence-electron chi connectivity index (χ0n) is 19.0. The molecule has 0 radical (unpaired) electrons. The summed E-state index contributed by atoms with van der Waals surface area (Å²) >= 11 is 0.